The number of nitrogens with one attached hydrogen (secondary N) is 2. The molecule has 0 unspecified atom stereocenters. The van der Waals surface area contributed by atoms with Crippen molar-refractivity contribution in [3.05, 3.63) is 53.7 Å². The van der Waals surface area contributed by atoms with Crippen LogP contribution < -0.4 is 11.1 Å². The Labute approximate surface area is 121 Å². The van der Waals surface area contributed by atoms with Gasteiger partial charge in [0.1, 0.15) is 0 Å². The van der Waals surface area contributed by atoms with E-state index < -0.39 is 0 Å². The van der Waals surface area contributed by atoms with Gasteiger partial charge in [0.15, 0.2) is 0 Å². The predicted octanol–water partition coefficient (Wildman–Crippen LogP) is 1.78. The minimum atomic E-state index is -0.159. The Morgan fingerprint density at radius 1 is 1.33 bits per heavy atom. The predicted molar refractivity (Wildman–Crippen MR) is 80.7 cm³/mol. The van der Waals surface area contributed by atoms with E-state index in [1.165, 1.54) is 0 Å². The summed E-state index contributed by atoms with van der Waals surface area (Å²) in [5.41, 5.74) is 9.38. The number of amides is 1. The first-order chi connectivity index (χ1) is 10.1. The Kier molecular flexibility index (Phi) is 3.27. The highest BCUT2D eigenvalue weighted by Crippen LogP contribution is 2.20. The van der Waals surface area contributed by atoms with Crippen LogP contribution in [0.1, 0.15) is 21.7 Å². The number of fused-ring (bicyclic) bond motifs is 1. The van der Waals surface area contributed by atoms with Crippen LogP contribution in [0, 0.1) is 6.92 Å². The van der Waals surface area contributed by atoms with Gasteiger partial charge in [-0.1, -0.05) is 0 Å². The zero-order chi connectivity index (χ0) is 14.8. The highest BCUT2D eigenvalue weighted by Gasteiger charge is 2.12. The van der Waals surface area contributed by atoms with E-state index in [9.17, 15) is 4.79 Å². The van der Waals surface area contributed by atoms with Crippen molar-refractivity contribution in [3.63, 3.8) is 0 Å². The molecule has 0 aliphatic rings. The Morgan fingerprint density at radius 3 is 2.95 bits per heavy atom. The number of H-pyrrole nitrogens is 1. The molecule has 0 saturated heterocycles. The Balaban J connectivity index is 1.76. The molecule has 0 saturated carbocycles. The Morgan fingerprint density at radius 2 is 2.19 bits per heavy atom. The summed E-state index contributed by atoms with van der Waals surface area (Å²) in [6, 6.07) is 5.41. The molecule has 6 nitrogen and oxygen atoms in total. The number of nitrogens with zero attached hydrogens (tertiary/aromatic N) is 2. The molecular formula is C15H15N5O. The summed E-state index contributed by atoms with van der Waals surface area (Å²) in [6.07, 6.45) is 5.02. The highest BCUT2D eigenvalue weighted by atomic mass is 16.1. The zero-order valence-electron chi connectivity index (χ0n) is 11.6. The van der Waals surface area contributed by atoms with Crippen molar-refractivity contribution >= 4 is 22.5 Å². The molecule has 0 aliphatic heterocycles. The fraction of sp³-hybridized carbons (Fsp3) is 0.133. The first kappa shape index (κ1) is 13.1. The summed E-state index contributed by atoms with van der Waals surface area (Å²) in [5.74, 6) is -0.159. The molecule has 2 heterocycles. The van der Waals surface area contributed by atoms with E-state index in [0.29, 0.717) is 17.8 Å². The number of aryl methyl sites for hydroxylation is 1. The van der Waals surface area contributed by atoms with Gasteiger partial charge in [0.25, 0.3) is 5.91 Å². The lowest BCUT2D eigenvalue weighted by molar-refractivity contribution is 0.0952. The van der Waals surface area contributed by atoms with Gasteiger partial charge in [-0.05, 0) is 25.1 Å². The second kappa shape index (κ2) is 5.24. The summed E-state index contributed by atoms with van der Waals surface area (Å²) in [4.78, 5) is 23.6. The van der Waals surface area contributed by atoms with Crippen molar-refractivity contribution in [1.29, 1.82) is 0 Å². The number of aromatic amines is 1. The second-order valence-corrected chi connectivity index (χ2v) is 4.84. The monoisotopic (exact) mass is 281 g/mol. The maximum Gasteiger partial charge on any atom is 0.253 e. The van der Waals surface area contributed by atoms with Gasteiger partial charge in [-0.2, -0.15) is 0 Å². The molecule has 3 rings (SSSR count). The average molecular weight is 281 g/mol. The summed E-state index contributed by atoms with van der Waals surface area (Å²) in [6.45, 7) is 2.21. The molecule has 0 atom stereocenters. The van der Waals surface area contributed by atoms with Crippen LogP contribution in [0.2, 0.25) is 0 Å². The average Bonchev–Trinajstić information content (AvgIpc) is 2.89. The molecule has 6 heteroatoms. The number of carbonyl (C=O) groups is 1. The van der Waals surface area contributed by atoms with Gasteiger partial charge >= 0.3 is 0 Å². The number of anilines is 1. The van der Waals surface area contributed by atoms with E-state index in [0.717, 1.165) is 22.3 Å². The topological polar surface area (TPSA) is 96.7 Å². The molecule has 0 radical (unpaired) electrons. The van der Waals surface area contributed by atoms with Gasteiger partial charge in [-0.15, -0.1) is 0 Å². The number of nitrogens with two attached hydrogens (primary N) is 1. The lowest BCUT2D eigenvalue weighted by atomic mass is 10.1. The molecular weight excluding hydrogens is 266 g/mol. The van der Waals surface area contributed by atoms with E-state index in [4.69, 9.17) is 5.73 Å². The zero-order valence-corrected chi connectivity index (χ0v) is 11.6. The third kappa shape index (κ3) is 2.69. The highest BCUT2D eigenvalue weighted by molar-refractivity contribution is 6.07. The molecule has 0 spiro atoms. The fourth-order valence-electron chi connectivity index (χ4n) is 2.11. The molecule has 4 N–H and O–H groups in total. The van der Waals surface area contributed by atoms with Crippen molar-refractivity contribution in [1.82, 2.24) is 20.3 Å². The Hall–Kier alpha value is -2.89. The lowest BCUT2D eigenvalue weighted by Gasteiger charge is -2.04. The van der Waals surface area contributed by atoms with Crippen molar-refractivity contribution in [2.75, 3.05) is 5.73 Å². The van der Waals surface area contributed by atoms with Gasteiger partial charge in [-0.3, -0.25) is 14.8 Å². The van der Waals surface area contributed by atoms with Crippen LogP contribution in [0.25, 0.3) is 10.9 Å². The maximum atomic E-state index is 12.2. The third-order valence-corrected chi connectivity index (χ3v) is 3.21. The molecule has 1 aromatic carbocycles. The minimum Gasteiger partial charge on any atom is -0.399 e. The van der Waals surface area contributed by atoms with E-state index in [1.807, 2.05) is 13.0 Å². The summed E-state index contributed by atoms with van der Waals surface area (Å²) < 4.78 is 0. The van der Waals surface area contributed by atoms with Crippen molar-refractivity contribution < 1.29 is 4.79 Å². The standard InChI is InChI=1S/C15H15N5O/c1-9-5-18-11(6-17-9)7-20-15(21)13-8-19-14-4-10(16)2-3-12(13)14/h2-6,8,19H,7,16H2,1H3,(H,20,21). The molecule has 3 aromatic rings. The summed E-state index contributed by atoms with van der Waals surface area (Å²) >= 11 is 0. The van der Waals surface area contributed by atoms with Crippen LogP contribution >= 0.6 is 0 Å². The molecule has 1 amide bonds. The van der Waals surface area contributed by atoms with Gasteiger partial charge in [0.2, 0.25) is 0 Å². The summed E-state index contributed by atoms with van der Waals surface area (Å²) in [5, 5.41) is 3.68. The van der Waals surface area contributed by atoms with Crippen LogP contribution in [0.15, 0.2) is 36.8 Å². The van der Waals surface area contributed by atoms with Crippen LogP contribution in [0.5, 0.6) is 0 Å². The minimum absolute atomic E-state index is 0.159. The smallest absolute Gasteiger partial charge is 0.253 e. The lowest BCUT2D eigenvalue weighted by Crippen LogP contribution is -2.23. The van der Waals surface area contributed by atoms with Gasteiger partial charge in [0, 0.05) is 29.0 Å². The third-order valence-electron chi connectivity index (χ3n) is 3.21. The molecule has 2 aromatic heterocycles. The maximum absolute atomic E-state index is 12.2. The first-order valence-electron chi connectivity index (χ1n) is 6.56. The molecule has 21 heavy (non-hydrogen) atoms. The van der Waals surface area contributed by atoms with Crippen molar-refractivity contribution in [3.8, 4) is 0 Å². The van der Waals surface area contributed by atoms with Crippen molar-refractivity contribution in [2.45, 2.75) is 13.5 Å². The van der Waals surface area contributed by atoms with Crippen LogP contribution in [-0.4, -0.2) is 20.9 Å². The fourth-order valence-corrected chi connectivity index (χ4v) is 2.11. The number of hydrogen-bond donors (Lipinski definition) is 3. The Bertz CT molecular complexity index is 791. The quantitative estimate of drug-likeness (QED) is 0.637. The second-order valence-electron chi connectivity index (χ2n) is 4.84. The summed E-state index contributed by atoms with van der Waals surface area (Å²) in [7, 11) is 0. The van der Waals surface area contributed by atoms with E-state index in [-0.39, 0.29) is 5.91 Å². The van der Waals surface area contributed by atoms with Crippen LogP contribution in [0.4, 0.5) is 5.69 Å². The molecule has 0 fully saturated rings. The number of rotatable bonds is 3. The molecule has 0 bridgehead atoms. The van der Waals surface area contributed by atoms with Crippen molar-refractivity contribution in [2.24, 2.45) is 0 Å². The number of benzene rings is 1. The number of carbonyl (C=O) groups excluding carboxylic acids is 1. The molecule has 0 aliphatic carbocycles. The SMILES string of the molecule is Cc1cnc(CNC(=O)c2c[nH]c3cc(N)ccc23)cn1. The van der Waals surface area contributed by atoms with E-state index in [1.54, 1.807) is 30.7 Å². The molecule has 106 valence electrons. The van der Waals surface area contributed by atoms with E-state index in [2.05, 4.69) is 20.3 Å². The van der Waals surface area contributed by atoms with Gasteiger partial charge in [0.05, 0.1) is 29.7 Å². The largest absolute Gasteiger partial charge is 0.399 e. The number of hydrogen-bond acceptors (Lipinski definition) is 4. The van der Waals surface area contributed by atoms with E-state index >= 15 is 0 Å². The number of nitrogen functional groups attached to an aromatic ring is 1. The van der Waals surface area contributed by atoms with Crippen LogP contribution in [-0.2, 0) is 6.54 Å². The van der Waals surface area contributed by atoms with Gasteiger partial charge < -0.3 is 16.0 Å². The normalized spacial score (nSPS) is 10.7. The number of aromatic nitrogens is 3. The first-order valence-corrected chi connectivity index (χ1v) is 6.56. The van der Waals surface area contributed by atoms with Gasteiger partial charge in [-0.25, -0.2) is 0 Å². The van der Waals surface area contributed by atoms with Crippen LogP contribution in [0.3, 0.4) is 0 Å².